The lowest BCUT2D eigenvalue weighted by molar-refractivity contribution is 0.0363. The summed E-state index contributed by atoms with van der Waals surface area (Å²) in [5, 5.41) is 6.09. The molecule has 0 amide bonds. The molecule has 2 unspecified atom stereocenters. The second kappa shape index (κ2) is 6.17. The molecule has 1 aromatic rings. The monoisotopic (exact) mass is 292 g/mol. The lowest BCUT2D eigenvalue weighted by atomic mass is 9.79. The van der Waals surface area contributed by atoms with Crippen LogP contribution >= 0.6 is 11.3 Å². The van der Waals surface area contributed by atoms with Gasteiger partial charge in [-0.05, 0) is 44.6 Å². The first kappa shape index (κ1) is 14.6. The summed E-state index contributed by atoms with van der Waals surface area (Å²) in [6, 6.07) is 5.78. The fourth-order valence-electron chi connectivity index (χ4n) is 4.03. The maximum atomic E-state index is 3.89. The van der Waals surface area contributed by atoms with Crippen LogP contribution in [0.5, 0.6) is 0 Å². The fraction of sp³-hybridized carbons (Fsp3) is 0.765. The Morgan fingerprint density at radius 3 is 2.90 bits per heavy atom. The SMILES string of the molecule is CC1CNC2(CCCCC2)CN1C(C)Cc1cccs1. The third-order valence-electron chi connectivity index (χ3n) is 5.28. The van der Waals surface area contributed by atoms with Gasteiger partial charge in [-0.2, -0.15) is 0 Å². The zero-order valence-electron chi connectivity index (χ0n) is 12.9. The largest absolute Gasteiger partial charge is 0.308 e. The summed E-state index contributed by atoms with van der Waals surface area (Å²) in [6.07, 6.45) is 8.22. The van der Waals surface area contributed by atoms with Gasteiger partial charge in [0.05, 0.1) is 0 Å². The molecule has 1 aromatic heterocycles. The minimum absolute atomic E-state index is 0.425. The third-order valence-corrected chi connectivity index (χ3v) is 6.18. The van der Waals surface area contributed by atoms with E-state index in [1.807, 2.05) is 11.3 Å². The van der Waals surface area contributed by atoms with Crippen LogP contribution in [0.4, 0.5) is 0 Å². The number of hydrogen-bond donors (Lipinski definition) is 1. The standard InChI is InChI=1S/C17H28N2S/c1-14(11-16-7-6-10-20-16)19-13-17(18-12-15(19)2)8-4-3-5-9-17/h6-7,10,14-15,18H,3-5,8-9,11-13H2,1-2H3. The molecule has 20 heavy (non-hydrogen) atoms. The normalized spacial score (nSPS) is 28.6. The van der Waals surface area contributed by atoms with Gasteiger partial charge < -0.3 is 5.32 Å². The van der Waals surface area contributed by atoms with E-state index in [-0.39, 0.29) is 0 Å². The van der Waals surface area contributed by atoms with Crippen molar-refractivity contribution < 1.29 is 0 Å². The minimum atomic E-state index is 0.425. The summed E-state index contributed by atoms with van der Waals surface area (Å²) in [5.41, 5.74) is 0.425. The zero-order valence-corrected chi connectivity index (χ0v) is 13.7. The Bertz CT molecular complexity index is 409. The topological polar surface area (TPSA) is 15.3 Å². The van der Waals surface area contributed by atoms with Gasteiger partial charge in [0.15, 0.2) is 0 Å². The highest BCUT2D eigenvalue weighted by molar-refractivity contribution is 7.09. The summed E-state index contributed by atoms with van der Waals surface area (Å²) in [6.45, 7) is 7.21. The van der Waals surface area contributed by atoms with Crippen molar-refractivity contribution in [2.45, 2.75) is 70.0 Å². The first-order valence-electron chi connectivity index (χ1n) is 8.22. The number of nitrogens with zero attached hydrogens (tertiary/aromatic N) is 1. The highest BCUT2D eigenvalue weighted by Crippen LogP contribution is 2.33. The van der Waals surface area contributed by atoms with Crippen molar-refractivity contribution in [3.05, 3.63) is 22.4 Å². The number of hydrogen-bond acceptors (Lipinski definition) is 3. The molecule has 112 valence electrons. The van der Waals surface area contributed by atoms with Crippen molar-refractivity contribution in [2.24, 2.45) is 0 Å². The van der Waals surface area contributed by atoms with E-state index in [0.29, 0.717) is 17.6 Å². The van der Waals surface area contributed by atoms with Crippen molar-refractivity contribution in [2.75, 3.05) is 13.1 Å². The number of nitrogens with one attached hydrogen (secondary N) is 1. The molecule has 3 heteroatoms. The molecule has 0 bridgehead atoms. The van der Waals surface area contributed by atoms with Gasteiger partial charge in [0.1, 0.15) is 0 Å². The summed E-state index contributed by atoms with van der Waals surface area (Å²) >= 11 is 1.90. The second-order valence-electron chi connectivity index (χ2n) is 6.88. The van der Waals surface area contributed by atoms with Gasteiger partial charge in [-0.15, -0.1) is 11.3 Å². The van der Waals surface area contributed by atoms with Crippen LogP contribution in [0.15, 0.2) is 17.5 Å². The van der Waals surface area contributed by atoms with E-state index in [0.717, 1.165) is 6.54 Å². The molecule has 0 aromatic carbocycles. The first-order chi connectivity index (χ1) is 9.69. The molecule has 2 aliphatic rings. The van der Waals surface area contributed by atoms with Crippen LogP contribution in [0.1, 0.15) is 50.8 Å². The van der Waals surface area contributed by atoms with E-state index in [4.69, 9.17) is 0 Å². The quantitative estimate of drug-likeness (QED) is 0.914. The first-order valence-corrected chi connectivity index (χ1v) is 9.10. The average Bonchev–Trinajstić information content (AvgIpc) is 2.96. The molecular formula is C17H28N2S. The third kappa shape index (κ3) is 3.10. The van der Waals surface area contributed by atoms with E-state index < -0.39 is 0 Å². The van der Waals surface area contributed by atoms with Crippen LogP contribution in [-0.4, -0.2) is 35.6 Å². The van der Waals surface area contributed by atoms with Crippen LogP contribution in [0, 0.1) is 0 Å². The molecule has 1 spiro atoms. The van der Waals surface area contributed by atoms with Crippen molar-refractivity contribution in [3.63, 3.8) is 0 Å². The highest BCUT2D eigenvalue weighted by atomic mass is 32.1. The Morgan fingerprint density at radius 1 is 1.40 bits per heavy atom. The molecule has 2 atom stereocenters. The maximum absolute atomic E-state index is 3.89. The maximum Gasteiger partial charge on any atom is 0.0309 e. The highest BCUT2D eigenvalue weighted by Gasteiger charge is 2.39. The van der Waals surface area contributed by atoms with E-state index in [1.165, 1.54) is 49.9 Å². The minimum Gasteiger partial charge on any atom is -0.308 e. The van der Waals surface area contributed by atoms with Crippen LogP contribution in [-0.2, 0) is 6.42 Å². The molecule has 2 heterocycles. The summed E-state index contributed by atoms with van der Waals surface area (Å²) in [4.78, 5) is 4.29. The molecule has 3 rings (SSSR count). The van der Waals surface area contributed by atoms with E-state index in [1.54, 1.807) is 0 Å². The molecule has 2 fully saturated rings. The van der Waals surface area contributed by atoms with Gasteiger partial charge in [0, 0.05) is 35.6 Å². The van der Waals surface area contributed by atoms with Crippen molar-refractivity contribution in [1.29, 1.82) is 0 Å². The lowest BCUT2D eigenvalue weighted by Gasteiger charge is -2.51. The van der Waals surface area contributed by atoms with Crippen molar-refractivity contribution in [3.8, 4) is 0 Å². The summed E-state index contributed by atoms with van der Waals surface area (Å²) in [7, 11) is 0. The van der Waals surface area contributed by atoms with E-state index in [9.17, 15) is 0 Å². The summed E-state index contributed by atoms with van der Waals surface area (Å²) in [5.74, 6) is 0. The van der Waals surface area contributed by atoms with E-state index in [2.05, 4.69) is 41.6 Å². The molecule has 2 nitrogen and oxygen atoms in total. The van der Waals surface area contributed by atoms with Gasteiger partial charge in [-0.25, -0.2) is 0 Å². The number of piperazine rings is 1. The Balaban J connectivity index is 1.66. The Morgan fingerprint density at radius 2 is 2.20 bits per heavy atom. The molecule has 0 radical (unpaired) electrons. The predicted octanol–water partition coefficient (Wildman–Crippen LogP) is 3.68. The van der Waals surface area contributed by atoms with E-state index >= 15 is 0 Å². The molecule has 1 saturated heterocycles. The molecule has 1 saturated carbocycles. The summed E-state index contributed by atoms with van der Waals surface area (Å²) < 4.78 is 0. The second-order valence-corrected chi connectivity index (χ2v) is 7.91. The van der Waals surface area contributed by atoms with Crippen LogP contribution < -0.4 is 5.32 Å². The zero-order chi connectivity index (χ0) is 14.0. The average molecular weight is 292 g/mol. The Labute approximate surface area is 127 Å². The van der Waals surface area contributed by atoms with Crippen molar-refractivity contribution in [1.82, 2.24) is 10.2 Å². The molecular weight excluding hydrogens is 264 g/mol. The lowest BCUT2D eigenvalue weighted by Crippen LogP contribution is -2.65. The Kier molecular flexibility index (Phi) is 4.49. The van der Waals surface area contributed by atoms with Crippen LogP contribution in [0.2, 0.25) is 0 Å². The molecule has 1 aliphatic heterocycles. The number of rotatable bonds is 3. The Hall–Kier alpha value is -0.380. The van der Waals surface area contributed by atoms with Gasteiger partial charge in [0.2, 0.25) is 0 Å². The van der Waals surface area contributed by atoms with Gasteiger partial charge in [0.25, 0.3) is 0 Å². The molecule has 1 N–H and O–H groups in total. The number of thiophene rings is 1. The van der Waals surface area contributed by atoms with Crippen LogP contribution in [0.3, 0.4) is 0 Å². The van der Waals surface area contributed by atoms with Crippen LogP contribution in [0.25, 0.3) is 0 Å². The van der Waals surface area contributed by atoms with Gasteiger partial charge >= 0.3 is 0 Å². The van der Waals surface area contributed by atoms with Gasteiger partial charge in [-0.1, -0.05) is 25.3 Å². The fourth-order valence-corrected chi connectivity index (χ4v) is 4.86. The van der Waals surface area contributed by atoms with Crippen molar-refractivity contribution >= 4 is 11.3 Å². The molecule has 1 aliphatic carbocycles. The van der Waals surface area contributed by atoms with Gasteiger partial charge in [-0.3, -0.25) is 4.90 Å². The smallest absolute Gasteiger partial charge is 0.0309 e. The predicted molar refractivity (Wildman–Crippen MR) is 87.5 cm³/mol.